The molecular formula is C16H18F2N6O3S2. The van der Waals surface area contributed by atoms with Crippen LogP contribution >= 0.6 is 11.5 Å². The van der Waals surface area contributed by atoms with Crippen molar-refractivity contribution in [1.29, 1.82) is 0 Å². The van der Waals surface area contributed by atoms with Gasteiger partial charge in [0, 0.05) is 42.9 Å². The Labute approximate surface area is 169 Å². The van der Waals surface area contributed by atoms with Crippen molar-refractivity contribution >= 4 is 32.3 Å². The van der Waals surface area contributed by atoms with Gasteiger partial charge in [0.15, 0.2) is 5.82 Å². The minimum atomic E-state index is -3.30. The first-order valence-electron chi connectivity index (χ1n) is 8.70. The lowest BCUT2D eigenvalue weighted by Gasteiger charge is -2.32. The Morgan fingerprint density at radius 2 is 2.24 bits per heavy atom. The Bertz CT molecular complexity index is 1120. The molecule has 156 valence electrons. The Morgan fingerprint density at radius 3 is 3.00 bits per heavy atom. The highest BCUT2D eigenvalue weighted by atomic mass is 32.2. The summed E-state index contributed by atoms with van der Waals surface area (Å²) in [5, 5.41) is 0.646. The Kier molecular flexibility index (Phi) is 5.46. The molecule has 1 atom stereocenters. The molecule has 13 heteroatoms. The van der Waals surface area contributed by atoms with Crippen molar-refractivity contribution in [2.24, 2.45) is 0 Å². The Balaban J connectivity index is 1.54. The number of sulfonamides is 1. The van der Waals surface area contributed by atoms with E-state index in [-0.39, 0.29) is 18.2 Å². The highest BCUT2D eigenvalue weighted by Crippen LogP contribution is 2.27. The van der Waals surface area contributed by atoms with Crippen molar-refractivity contribution in [2.75, 3.05) is 37.4 Å². The number of pyridine rings is 1. The Hall–Kier alpha value is -2.22. The second-order valence-electron chi connectivity index (χ2n) is 6.59. The van der Waals surface area contributed by atoms with Crippen LogP contribution in [0.1, 0.15) is 12.0 Å². The number of hydrogen-bond donors (Lipinski definition) is 1. The first kappa shape index (κ1) is 20.1. The van der Waals surface area contributed by atoms with E-state index in [1.807, 2.05) is 4.90 Å². The normalized spacial score (nSPS) is 18.1. The van der Waals surface area contributed by atoms with E-state index >= 15 is 0 Å². The van der Waals surface area contributed by atoms with Crippen molar-refractivity contribution in [3.8, 4) is 11.5 Å². The summed E-state index contributed by atoms with van der Waals surface area (Å²) in [6.45, 7) is 1.65. The molecule has 0 aliphatic carbocycles. The third-order valence-corrected chi connectivity index (χ3v) is 5.88. The topological polar surface area (TPSA) is 102 Å². The van der Waals surface area contributed by atoms with E-state index in [0.29, 0.717) is 42.0 Å². The van der Waals surface area contributed by atoms with Crippen LogP contribution < -0.4 is 9.62 Å². The molecule has 0 amide bonds. The second-order valence-corrected chi connectivity index (χ2v) is 9.16. The van der Waals surface area contributed by atoms with Gasteiger partial charge in [-0.25, -0.2) is 26.9 Å². The summed E-state index contributed by atoms with van der Waals surface area (Å²) in [5.41, 5.74) is 0.939. The predicted octanol–water partition coefficient (Wildman–Crippen LogP) is 1.54. The summed E-state index contributed by atoms with van der Waals surface area (Å²) in [5.74, 6) is 0.390. The number of nitrogens with one attached hydrogen (secondary N) is 1. The number of alkyl halides is 2. The van der Waals surface area contributed by atoms with E-state index in [1.165, 1.54) is 29.9 Å². The minimum Gasteiger partial charge on any atom is -0.373 e. The molecule has 1 fully saturated rings. The van der Waals surface area contributed by atoms with Gasteiger partial charge in [0.2, 0.25) is 15.2 Å². The predicted molar refractivity (Wildman–Crippen MR) is 104 cm³/mol. The summed E-state index contributed by atoms with van der Waals surface area (Å²) in [7, 11) is -3.30. The molecule has 0 spiro atoms. The molecule has 1 N–H and O–H groups in total. The average Bonchev–Trinajstić information content (AvgIpc) is 3.32. The third kappa shape index (κ3) is 4.52. The first-order chi connectivity index (χ1) is 13.8. The van der Waals surface area contributed by atoms with E-state index in [0.717, 1.165) is 6.26 Å². The average molecular weight is 444 g/mol. The first-order valence-corrected chi connectivity index (χ1v) is 11.4. The monoisotopic (exact) mass is 444 g/mol. The fourth-order valence-electron chi connectivity index (χ4n) is 3.00. The summed E-state index contributed by atoms with van der Waals surface area (Å²) in [4.78, 5) is 10.7. The molecule has 1 aliphatic heterocycles. The van der Waals surface area contributed by atoms with Gasteiger partial charge in [-0.2, -0.15) is 9.36 Å². The van der Waals surface area contributed by atoms with Gasteiger partial charge < -0.3 is 9.64 Å². The highest BCUT2D eigenvalue weighted by Gasteiger charge is 2.25. The standard InChI is InChI=1S/C16H18F2N6O3S2/c1-29(25,26)20-6-11-9-23(4-5-27-11)16-21-15(22-28-16)12-7-19-13-3-2-10(14(17)18)8-24(12)13/h2-3,7-8,11,14,20H,4-6,9H2,1H3/t11-/m1/s1. The highest BCUT2D eigenvalue weighted by molar-refractivity contribution is 7.88. The van der Waals surface area contributed by atoms with Crippen LogP contribution in [0.4, 0.5) is 13.9 Å². The zero-order chi connectivity index (χ0) is 20.6. The van der Waals surface area contributed by atoms with Gasteiger partial charge in [-0.15, -0.1) is 0 Å². The molecular weight excluding hydrogens is 426 g/mol. The van der Waals surface area contributed by atoms with E-state index < -0.39 is 16.4 Å². The smallest absolute Gasteiger partial charge is 0.265 e. The van der Waals surface area contributed by atoms with Crippen LogP contribution in [0.15, 0.2) is 24.5 Å². The van der Waals surface area contributed by atoms with Crippen LogP contribution in [0.3, 0.4) is 0 Å². The summed E-state index contributed by atoms with van der Waals surface area (Å²) >= 11 is 1.18. The molecule has 4 heterocycles. The lowest BCUT2D eigenvalue weighted by molar-refractivity contribution is 0.0442. The number of ether oxygens (including phenoxy) is 1. The van der Waals surface area contributed by atoms with Gasteiger partial charge in [-0.1, -0.05) is 0 Å². The molecule has 0 radical (unpaired) electrons. The van der Waals surface area contributed by atoms with Gasteiger partial charge in [0.25, 0.3) is 6.43 Å². The molecule has 0 bridgehead atoms. The fraction of sp³-hybridized carbons (Fsp3) is 0.438. The second kappa shape index (κ2) is 7.89. The zero-order valence-corrected chi connectivity index (χ0v) is 17.0. The molecule has 1 saturated heterocycles. The van der Waals surface area contributed by atoms with Gasteiger partial charge in [-0.3, -0.25) is 4.40 Å². The molecule has 0 saturated carbocycles. The van der Waals surface area contributed by atoms with Crippen LogP contribution in [-0.4, -0.2) is 65.8 Å². The van der Waals surface area contributed by atoms with Crippen LogP contribution in [0.25, 0.3) is 17.2 Å². The van der Waals surface area contributed by atoms with Crippen molar-refractivity contribution in [3.05, 3.63) is 30.1 Å². The van der Waals surface area contributed by atoms with E-state index in [9.17, 15) is 17.2 Å². The number of morpholine rings is 1. The van der Waals surface area contributed by atoms with Crippen LogP contribution in [-0.2, 0) is 14.8 Å². The number of rotatable bonds is 6. The van der Waals surface area contributed by atoms with Gasteiger partial charge in [0.1, 0.15) is 11.3 Å². The zero-order valence-electron chi connectivity index (χ0n) is 15.3. The SMILES string of the molecule is CS(=O)(=O)NC[C@@H]1CN(c2nc(-c3cnc4ccc(C(F)F)cn34)ns2)CCO1. The van der Waals surface area contributed by atoms with Crippen LogP contribution in [0.2, 0.25) is 0 Å². The largest absolute Gasteiger partial charge is 0.373 e. The van der Waals surface area contributed by atoms with Gasteiger partial charge in [0.05, 0.1) is 25.2 Å². The maximum absolute atomic E-state index is 13.0. The number of aromatic nitrogens is 4. The molecule has 3 aromatic heterocycles. The van der Waals surface area contributed by atoms with Gasteiger partial charge >= 0.3 is 0 Å². The van der Waals surface area contributed by atoms with E-state index in [1.54, 1.807) is 10.6 Å². The quantitative estimate of drug-likeness (QED) is 0.615. The molecule has 0 aromatic carbocycles. The van der Waals surface area contributed by atoms with Crippen molar-refractivity contribution in [1.82, 2.24) is 23.5 Å². The third-order valence-electron chi connectivity index (χ3n) is 4.41. The van der Waals surface area contributed by atoms with E-state index in [2.05, 4.69) is 19.1 Å². The van der Waals surface area contributed by atoms with Crippen molar-refractivity contribution < 1.29 is 21.9 Å². The van der Waals surface area contributed by atoms with Crippen LogP contribution in [0, 0.1) is 0 Å². The maximum atomic E-state index is 13.0. The number of nitrogens with zero attached hydrogens (tertiary/aromatic N) is 5. The molecule has 9 nitrogen and oxygen atoms in total. The lowest BCUT2D eigenvalue weighted by atomic mass is 10.3. The van der Waals surface area contributed by atoms with Gasteiger partial charge in [-0.05, 0) is 12.1 Å². The molecule has 0 unspecified atom stereocenters. The molecule has 29 heavy (non-hydrogen) atoms. The van der Waals surface area contributed by atoms with Crippen LogP contribution in [0.5, 0.6) is 0 Å². The summed E-state index contributed by atoms with van der Waals surface area (Å²) in [6, 6.07) is 2.87. The molecule has 1 aliphatic rings. The fourth-order valence-corrected chi connectivity index (χ4v) is 4.20. The summed E-state index contributed by atoms with van der Waals surface area (Å²) in [6.07, 6.45) is 1.09. The van der Waals surface area contributed by atoms with Crippen molar-refractivity contribution in [3.63, 3.8) is 0 Å². The lowest BCUT2D eigenvalue weighted by Crippen LogP contribution is -2.47. The summed E-state index contributed by atoms with van der Waals surface area (Å²) < 4.78 is 62.6. The maximum Gasteiger partial charge on any atom is 0.265 e. The molecule has 3 aromatic rings. The number of imidazole rings is 1. The Morgan fingerprint density at radius 1 is 1.41 bits per heavy atom. The number of anilines is 1. The molecule has 4 rings (SSSR count). The van der Waals surface area contributed by atoms with E-state index in [4.69, 9.17) is 4.74 Å². The number of halogens is 2. The van der Waals surface area contributed by atoms with Crippen molar-refractivity contribution in [2.45, 2.75) is 12.5 Å². The number of fused-ring (bicyclic) bond motifs is 1. The minimum absolute atomic E-state index is 0.110. The number of hydrogen-bond acceptors (Lipinski definition) is 8.